The van der Waals surface area contributed by atoms with Crippen molar-refractivity contribution in [2.75, 3.05) is 25.5 Å². The molecule has 4 heterocycles. The molecule has 1 fully saturated rings. The highest BCUT2D eigenvalue weighted by Gasteiger charge is 2.29. The Kier molecular flexibility index (Phi) is 5.42. The molecule has 2 N–H and O–H groups in total. The number of aryl methyl sites for hydroxylation is 1. The van der Waals surface area contributed by atoms with Crippen molar-refractivity contribution in [2.45, 2.75) is 32.4 Å². The van der Waals surface area contributed by atoms with E-state index >= 15 is 0 Å². The van der Waals surface area contributed by atoms with E-state index < -0.39 is 5.82 Å². The van der Waals surface area contributed by atoms with Crippen LogP contribution in [0.4, 0.5) is 10.3 Å². The van der Waals surface area contributed by atoms with Crippen molar-refractivity contribution in [1.82, 2.24) is 25.2 Å². The van der Waals surface area contributed by atoms with Gasteiger partial charge in [-0.2, -0.15) is 0 Å². The summed E-state index contributed by atoms with van der Waals surface area (Å²) in [4.78, 5) is 29.1. The number of aromatic nitrogens is 3. The summed E-state index contributed by atoms with van der Waals surface area (Å²) < 4.78 is 14.3. The lowest BCUT2D eigenvalue weighted by Crippen LogP contribution is -2.34. The molecule has 0 bridgehead atoms. The molecular formula is C20H23FN6OS. The molecule has 152 valence electrons. The van der Waals surface area contributed by atoms with Gasteiger partial charge < -0.3 is 15.5 Å². The number of anilines is 1. The van der Waals surface area contributed by atoms with Gasteiger partial charge in [0.25, 0.3) is 5.91 Å². The highest BCUT2D eigenvalue weighted by Crippen LogP contribution is 2.29. The van der Waals surface area contributed by atoms with E-state index in [4.69, 9.17) is 0 Å². The molecule has 1 unspecified atom stereocenters. The van der Waals surface area contributed by atoms with Crippen molar-refractivity contribution in [2.24, 2.45) is 0 Å². The predicted molar refractivity (Wildman–Crippen MR) is 112 cm³/mol. The number of halogens is 1. The van der Waals surface area contributed by atoms with Crippen LogP contribution in [0.3, 0.4) is 0 Å². The van der Waals surface area contributed by atoms with Crippen molar-refractivity contribution in [3.63, 3.8) is 0 Å². The summed E-state index contributed by atoms with van der Waals surface area (Å²) in [6, 6.07) is 3.42. The summed E-state index contributed by atoms with van der Waals surface area (Å²) in [5.74, 6) is -0.134. The molecule has 0 aliphatic carbocycles. The van der Waals surface area contributed by atoms with Crippen LogP contribution in [-0.2, 0) is 0 Å². The number of rotatable bonds is 5. The standard InChI is InChI=1S/C20H23FN6OS/c1-11-6-16-18(29-11)17(19(28)27-5-4-15(10-27)22-3)26-20(25-16)24-12(2)13-7-14(21)9-23-8-13/h6-9,12,15,22H,4-5,10H2,1-3H3,(H,24,25,26)/t12?,15-/m0/s1. The Balaban J connectivity index is 1.66. The van der Waals surface area contributed by atoms with Crippen LogP contribution >= 0.6 is 11.3 Å². The third-order valence-corrected chi connectivity index (χ3v) is 6.20. The van der Waals surface area contributed by atoms with Crippen molar-refractivity contribution < 1.29 is 9.18 Å². The normalized spacial score (nSPS) is 17.7. The number of likely N-dealkylation sites (N-methyl/N-ethyl adjacent to an activating group) is 1. The van der Waals surface area contributed by atoms with Crippen molar-refractivity contribution in [3.05, 3.63) is 46.5 Å². The SMILES string of the molecule is CN[C@H]1CCN(C(=O)c2nc(NC(C)c3cncc(F)c3)nc3cc(C)sc23)C1. The first-order chi connectivity index (χ1) is 13.9. The molecular weight excluding hydrogens is 391 g/mol. The maximum atomic E-state index is 13.5. The van der Waals surface area contributed by atoms with Gasteiger partial charge in [-0.15, -0.1) is 11.3 Å². The number of hydrogen-bond donors (Lipinski definition) is 2. The van der Waals surface area contributed by atoms with Gasteiger partial charge in [0, 0.05) is 30.2 Å². The van der Waals surface area contributed by atoms with Crippen molar-refractivity contribution in [1.29, 1.82) is 0 Å². The Morgan fingerprint density at radius 2 is 2.17 bits per heavy atom. The van der Waals surface area contributed by atoms with E-state index in [-0.39, 0.29) is 11.9 Å². The first-order valence-electron chi connectivity index (χ1n) is 9.56. The molecule has 29 heavy (non-hydrogen) atoms. The Morgan fingerprint density at radius 1 is 1.34 bits per heavy atom. The van der Waals surface area contributed by atoms with Crippen molar-refractivity contribution in [3.8, 4) is 0 Å². The molecule has 4 rings (SSSR count). The number of amides is 1. The first kappa shape index (κ1) is 19.7. The van der Waals surface area contributed by atoms with Crippen LogP contribution in [0, 0.1) is 12.7 Å². The zero-order chi connectivity index (χ0) is 20.5. The number of hydrogen-bond acceptors (Lipinski definition) is 7. The van der Waals surface area contributed by atoms with E-state index in [1.807, 2.05) is 31.9 Å². The number of nitrogens with one attached hydrogen (secondary N) is 2. The fourth-order valence-electron chi connectivity index (χ4n) is 3.53. The number of carbonyl (C=O) groups is 1. The average molecular weight is 415 g/mol. The topological polar surface area (TPSA) is 83.0 Å². The van der Waals surface area contributed by atoms with Crippen LogP contribution < -0.4 is 10.6 Å². The van der Waals surface area contributed by atoms with E-state index in [2.05, 4.69) is 25.6 Å². The smallest absolute Gasteiger partial charge is 0.274 e. The van der Waals surface area contributed by atoms with Crippen molar-refractivity contribution >= 4 is 33.4 Å². The Bertz CT molecular complexity index is 1050. The highest BCUT2D eigenvalue weighted by atomic mass is 32.1. The number of likely N-dealkylation sites (tertiary alicyclic amines) is 1. The lowest BCUT2D eigenvalue weighted by atomic mass is 10.1. The lowest BCUT2D eigenvalue weighted by molar-refractivity contribution is 0.0786. The molecule has 0 radical (unpaired) electrons. The second-order valence-electron chi connectivity index (χ2n) is 7.30. The van der Waals surface area contributed by atoms with Gasteiger partial charge in [0.1, 0.15) is 5.82 Å². The van der Waals surface area contributed by atoms with Gasteiger partial charge in [-0.25, -0.2) is 14.4 Å². The summed E-state index contributed by atoms with van der Waals surface area (Å²) in [5, 5.41) is 6.41. The van der Waals surface area contributed by atoms with Gasteiger partial charge in [0.2, 0.25) is 5.95 Å². The number of fused-ring (bicyclic) bond motifs is 1. The van der Waals surface area contributed by atoms with Gasteiger partial charge in [0.15, 0.2) is 5.69 Å². The predicted octanol–water partition coefficient (Wildman–Crippen LogP) is 3.14. The summed E-state index contributed by atoms with van der Waals surface area (Å²) in [7, 11) is 1.91. The van der Waals surface area contributed by atoms with E-state index in [9.17, 15) is 9.18 Å². The van der Waals surface area contributed by atoms with E-state index in [0.29, 0.717) is 36.3 Å². The zero-order valence-corrected chi connectivity index (χ0v) is 17.4. The molecule has 0 spiro atoms. The molecule has 1 aliphatic rings. The van der Waals surface area contributed by atoms with Crippen LogP contribution in [0.2, 0.25) is 0 Å². The highest BCUT2D eigenvalue weighted by molar-refractivity contribution is 7.19. The molecule has 2 atom stereocenters. The largest absolute Gasteiger partial charge is 0.348 e. The fourth-order valence-corrected chi connectivity index (χ4v) is 4.46. The number of nitrogens with zero attached hydrogens (tertiary/aromatic N) is 4. The van der Waals surface area contributed by atoms with Gasteiger partial charge in [0.05, 0.1) is 22.5 Å². The van der Waals surface area contributed by atoms with E-state index in [0.717, 1.165) is 27.7 Å². The number of thiophene rings is 1. The van der Waals surface area contributed by atoms with E-state index in [1.165, 1.54) is 17.4 Å². The fraction of sp³-hybridized carbons (Fsp3) is 0.400. The molecule has 3 aromatic heterocycles. The van der Waals surface area contributed by atoms with E-state index in [1.54, 1.807) is 6.20 Å². The number of carbonyl (C=O) groups excluding carboxylic acids is 1. The van der Waals surface area contributed by atoms with Crippen LogP contribution in [0.15, 0.2) is 24.5 Å². The third kappa shape index (κ3) is 4.06. The Morgan fingerprint density at radius 3 is 2.90 bits per heavy atom. The second kappa shape index (κ2) is 8.00. The number of pyridine rings is 1. The van der Waals surface area contributed by atoms with Gasteiger partial charge in [-0.1, -0.05) is 0 Å². The molecule has 7 nitrogen and oxygen atoms in total. The van der Waals surface area contributed by atoms with Crippen LogP contribution in [0.5, 0.6) is 0 Å². The molecule has 3 aromatic rings. The third-order valence-electron chi connectivity index (χ3n) is 5.15. The minimum atomic E-state index is -0.398. The maximum Gasteiger partial charge on any atom is 0.274 e. The Labute approximate surface area is 172 Å². The monoisotopic (exact) mass is 414 g/mol. The summed E-state index contributed by atoms with van der Waals surface area (Å²) in [6.45, 7) is 5.23. The Hall–Kier alpha value is -2.65. The maximum absolute atomic E-state index is 13.5. The summed E-state index contributed by atoms with van der Waals surface area (Å²) >= 11 is 1.52. The first-order valence-corrected chi connectivity index (χ1v) is 10.4. The van der Waals surface area contributed by atoms with Gasteiger partial charge >= 0.3 is 0 Å². The summed E-state index contributed by atoms with van der Waals surface area (Å²) in [5.41, 5.74) is 1.83. The quantitative estimate of drug-likeness (QED) is 0.667. The van der Waals surface area contributed by atoms with Crippen LogP contribution in [0.25, 0.3) is 10.2 Å². The van der Waals surface area contributed by atoms with Gasteiger partial charge in [-0.05, 0) is 45.0 Å². The van der Waals surface area contributed by atoms with Crippen LogP contribution in [-0.4, -0.2) is 51.9 Å². The molecule has 0 aromatic carbocycles. The second-order valence-corrected chi connectivity index (χ2v) is 8.55. The molecule has 1 amide bonds. The molecule has 0 saturated carbocycles. The summed E-state index contributed by atoms with van der Waals surface area (Å²) in [6.07, 6.45) is 3.69. The lowest BCUT2D eigenvalue weighted by Gasteiger charge is -2.18. The molecule has 1 saturated heterocycles. The molecule has 9 heteroatoms. The zero-order valence-electron chi connectivity index (χ0n) is 16.6. The molecule has 1 aliphatic heterocycles. The van der Waals surface area contributed by atoms with Crippen LogP contribution in [0.1, 0.15) is 40.3 Å². The average Bonchev–Trinajstić information content (AvgIpc) is 3.32. The van der Waals surface area contributed by atoms with Gasteiger partial charge in [-0.3, -0.25) is 9.78 Å². The minimum Gasteiger partial charge on any atom is -0.348 e. The minimum absolute atomic E-state index is 0.0832.